The van der Waals surface area contributed by atoms with Crippen molar-refractivity contribution in [1.82, 2.24) is 61.4 Å². The van der Waals surface area contributed by atoms with Crippen LogP contribution in [0.15, 0.2) is 0 Å². The van der Waals surface area contributed by atoms with Crippen LogP contribution in [0.2, 0.25) is 0 Å². The Hall–Kier alpha value is -1.26. The van der Waals surface area contributed by atoms with E-state index in [4.69, 9.17) is 0 Å². The molecule has 20 nitrogen and oxygen atoms in total. The maximum Gasteiger partial charge on any atom is 0.234 e. The lowest BCUT2D eigenvalue weighted by atomic mass is 10.4. The minimum absolute atomic E-state index is 0.0625. The van der Waals surface area contributed by atoms with E-state index in [-0.39, 0.29) is 23.6 Å². The lowest BCUT2D eigenvalue weighted by molar-refractivity contribution is -0.121. The van der Waals surface area contributed by atoms with Gasteiger partial charge in [-0.3, -0.25) is 9.59 Å². The van der Waals surface area contributed by atoms with Crippen LogP contribution >= 0.6 is 0 Å². The fraction of sp³-hybridized carbons (Fsp3) is 0.900. The van der Waals surface area contributed by atoms with Gasteiger partial charge in [-0.1, -0.05) is 0 Å². The lowest BCUT2D eigenvalue weighted by Gasteiger charge is -2.12. The molecule has 2 unspecified atom stereocenters. The zero-order chi connectivity index (χ0) is 32.5. The molecule has 0 aromatic rings. The maximum atomic E-state index is 10.5. The maximum absolute atomic E-state index is 10.5. The molecule has 0 radical (unpaired) electrons. The van der Waals surface area contributed by atoms with Gasteiger partial charge in [-0.25, -0.2) is 44.1 Å². The Balaban J connectivity index is 0.000000264. The summed E-state index contributed by atoms with van der Waals surface area (Å²) in [7, 11) is -7.49. The molecule has 6 rings (SSSR count). The summed E-state index contributed by atoms with van der Waals surface area (Å²) in [5, 5.41) is 22.6. The first-order chi connectivity index (χ1) is 21.0. The third-order valence-corrected chi connectivity index (χ3v) is 9.69. The van der Waals surface area contributed by atoms with Gasteiger partial charge in [0.2, 0.25) is 31.9 Å². The van der Waals surface area contributed by atoms with Crippen LogP contribution in [0.4, 0.5) is 0 Å². The smallest absolute Gasteiger partial charge is 0.234 e. The minimum atomic E-state index is -2.94. The fourth-order valence-corrected chi connectivity index (χ4v) is 6.53. The Morgan fingerprint density at radius 2 is 0.818 bits per heavy atom. The van der Waals surface area contributed by atoms with E-state index in [0.717, 1.165) is 65.4 Å². The van der Waals surface area contributed by atoms with E-state index in [1.807, 2.05) is 0 Å². The SMILES string of the molecule is O=C1CNCCN1.O=C1CNCCN1.O=S1(=O)CNCCN1.O=S1(=O)CNCCN1.O=S1CNCCN1.O=S1CNCCN1. The van der Waals surface area contributed by atoms with E-state index in [0.29, 0.717) is 37.9 Å². The third-order valence-electron chi connectivity index (χ3n) is 5.25. The molecule has 0 spiro atoms. The summed E-state index contributed by atoms with van der Waals surface area (Å²) >= 11 is 0. The predicted octanol–water partition coefficient (Wildman–Crippen LogP) is -8.05. The summed E-state index contributed by atoms with van der Waals surface area (Å²) in [6, 6.07) is 0. The molecule has 2 atom stereocenters. The van der Waals surface area contributed by atoms with Crippen molar-refractivity contribution in [2.24, 2.45) is 0 Å². The predicted molar refractivity (Wildman–Crippen MR) is 169 cm³/mol. The van der Waals surface area contributed by atoms with Crippen molar-refractivity contribution < 1.29 is 34.8 Å². The number of amides is 2. The van der Waals surface area contributed by atoms with Crippen molar-refractivity contribution in [2.45, 2.75) is 0 Å². The van der Waals surface area contributed by atoms with Crippen LogP contribution in [0.25, 0.3) is 0 Å². The number of carbonyl (C=O) groups excluding carboxylic acids is 2. The van der Waals surface area contributed by atoms with Gasteiger partial charge in [-0.15, -0.1) is 0 Å². The van der Waals surface area contributed by atoms with Gasteiger partial charge in [0.15, 0.2) is 0 Å². The minimum Gasteiger partial charge on any atom is -0.354 e. The largest absolute Gasteiger partial charge is 0.354 e. The van der Waals surface area contributed by atoms with Gasteiger partial charge in [0, 0.05) is 78.5 Å². The van der Waals surface area contributed by atoms with Crippen molar-refractivity contribution >= 4 is 53.8 Å². The second-order valence-corrected chi connectivity index (χ2v) is 15.3. The van der Waals surface area contributed by atoms with Gasteiger partial charge in [0.1, 0.15) is 33.7 Å². The Morgan fingerprint density at radius 3 is 0.955 bits per heavy atom. The van der Waals surface area contributed by atoms with Crippen LogP contribution < -0.4 is 61.4 Å². The summed E-state index contributed by atoms with van der Waals surface area (Å²) in [6.45, 7) is 10.4. The van der Waals surface area contributed by atoms with Crippen molar-refractivity contribution in [3.05, 3.63) is 0 Å². The zero-order valence-electron chi connectivity index (χ0n) is 24.6. The number of carbonyl (C=O) groups is 2. The number of sulfonamides is 2. The summed E-state index contributed by atoms with van der Waals surface area (Å²) in [5.41, 5.74) is 0. The Morgan fingerprint density at radius 1 is 0.455 bits per heavy atom. The molecular weight excluding hydrogens is 665 g/mol. The number of hydrogen-bond acceptors (Lipinski definition) is 14. The van der Waals surface area contributed by atoms with Gasteiger partial charge in [-0.2, -0.15) is 0 Å². The second kappa shape index (κ2) is 24.9. The van der Waals surface area contributed by atoms with Crippen LogP contribution in [0.5, 0.6) is 0 Å². The molecule has 2 amide bonds. The van der Waals surface area contributed by atoms with Gasteiger partial charge >= 0.3 is 0 Å². The molecule has 44 heavy (non-hydrogen) atoms. The highest BCUT2D eigenvalue weighted by Gasteiger charge is 2.12. The molecule has 0 bridgehead atoms. The van der Waals surface area contributed by atoms with Gasteiger partial charge in [0.25, 0.3) is 0 Å². The average Bonchev–Trinajstić information content (AvgIpc) is 3.00. The first-order valence-corrected chi connectivity index (χ1v) is 19.9. The summed E-state index contributed by atoms with van der Waals surface area (Å²) in [4.78, 5) is 20.6. The Bertz CT molecular complexity index is 901. The number of hydrogen-bond donors (Lipinski definition) is 12. The molecule has 12 N–H and O–H groups in total. The molecule has 0 aliphatic carbocycles. The number of nitrogens with one attached hydrogen (secondary N) is 12. The van der Waals surface area contributed by atoms with E-state index in [1.54, 1.807) is 0 Å². The first kappa shape index (κ1) is 40.8. The molecule has 0 saturated carbocycles. The van der Waals surface area contributed by atoms with E-state index in [2.05, 4.69) is 61.4 Å². The monoisotopic (exact) mass is 712 g/mol. The van der Waals surface area contributed by atoms with Crippen LogP contribution in [0.3, 0.4) is 0 Å². The standard InChI is InChI=1S/2C4H8N2O.2C3H8N2O2S.2C3H8N2OS/c2*7-4-3-5-1-2-6-4;2*6-8(7)3-4-1-2-5-8;2*6-7-3-4-1-2-5-7/h2*5H,1-3H2,(H,6,7);2*4-5H,1-3H2;2*4-5H,1-3H2. The van der Waals surface area contributed by atoms with Gasteiger partial charge in [0.05, 0.1) is 24.8 Å². The first-order valence-electron chi connectivity index (χ1n) is 14.0. The highest BCUT2D eigenvalue weighted by atomic mass is 32.2. The molecule has 6 aliphatic rings. The molecule has 260 valence electrons. The van der Waals surface area contributed by atoms with E-state index in [9.17, 15) is 34.8 Å². The van der Waals surface area contributed by atoms with Gasteiger partial charge < -0.3 is 42.5 Å². The van der Waals surface area contributed by atoms with E-state index in [1.165, 1.54) is 0 Å². The topological polar surface area (TPSA) is 281 Å². The summed E-state index contributed by atoms with van der Waals surface area (Å²) < 4.78 is 73.0. The molecule has 6 saturated heterocycles. The molecular formula is C20H48N12O8S4. The number of piperazine rings is 2. The molecule has 6 fully saturated rings. The molecule has 24 heteroatoms. The second-order valence-electron chi connectivity index (χ2n) is 9.13. The Labute approximate surface area is 264 Å². The lowest BCUT2D eigenvalue weighted by Crippen LogP contribution is -2.44. The molecule has 0 aromatic carbocycles. The van der Waals surface area contributed by atoms with Crippen LogP contribution in [-0.2, 0) is 51.6 Å². The molecule has 6 aliphatic heterocycles. The van der Waals surface area contributed by atoms with Crippen molar-refractivity contribution in [1.29, 1.82) is 0 Å². The van der Waals surface area contributed by atoms with Crippen molar-refractivity contribution in [3.8, 4) is 0 Å². The number of rotatable bonds is 0. The van der Waals surface area contributed by atoms with Gasteiger partial charge in [-0.05, 0) is 0 Å². The normalized spacial score (nSPS) is 27.3. The quantitative estimate of drug-likeness (QED) is 0.111. The van der Waals surface area contributed by atoms with Crippen LogP contribution in [-0.4, -0.2) is 152 Å². The fourth-order valence-electron chi connectivity index (χ4n) is 3.15. The highest BCUT2D eigenvalue weighted by Crippen LogP contribution is 1.84. The van der Waals surface area contributed by atoms with Crippen molar-refractivity contribution in [2.75, 3.05) is 115 Å². The Kier molecular flexibility index (Phi) is 23.1. The zero-order valence-corrected chi connectivity index (χ0v) is 27.9. The average molecular weight is 713 g/mol. The molecule has 6 heterocycles. The van der Waals surface area contributed by atoms with E-state index >= 15 is 0 Å². The summed E-state index contributed by atoms with van der Waals surface area (Å²) in [5.74, 6) is 1.53. The third kappa shape index (κ3) is 25.0. The van der Waals surface area contributed by atoms with Crippen molar-refractivity contribution in [3.63, 3.8) is 0 Å². The molecule has 0 aromatic heterocycles. The van der Waals surface area contributed by atoms with Crippen LogP contribution in [0.1, 0.15) is 0 Å². The van der Waals surface area contributed by atoms with Crippen LogP contribution in [0, 0.1) is 0 Å². The summed E-state index contributed by atoms with van der Waals surface area (Å²) in [6.07, 6.45) is 0. The highest BCUT2D eigenvalue weighted by molar-refractivity contribution is 7.89. The van der Waals surface area contributed by atoms with E-state index < -0.39 is 42.0 Å².